The van der Waals surface area contributed by atoms with Gasteiger partial charge in [-0.05, 0) is 13.3 Å². The van der Waals surface area contributed by atoms with Gasteiger partial charge in [0.05, 0.1) is 0 Å². The van der Waals surface area contributed by atoms with E-state index < -0.39 is 6.09 Å². The first-order valence-electron chi connectivity index (χ1n) is 3.41. The predicted octanol–water partition coefficient (Wildman–Crippen LogP) is 0.00440. The second kappa shape index (κ2) is 2.88. The van der Waals surface area contributed by atoms with Crippen molar-refractivity contribution in [1.82, 2.24) is 10.6 Å². The minimum absolute atomic E-state index is 0.104. The van der Waals surface area contributed by atoms with Crippen LogP contribution in [0.25, 0.3) is 0 Å². The lowest BCUT2D eigenvalue weighted by atomic mass is 10.2. The van der Waals surface area contributed by atoms with Crippen molar-refractivity contribution in [2.45, 2.75) is 25.4 Å². The fourth-order valence-electron chi connectivity index (χ4n) is 1.22. The van der Waals surface area contributed by atoms with Crippen LogP contribution in [0.4, 0.5) is 4.79 Å². The molecule has 0 aliphatic carbocycles. The number of rotatable bonds is 1. The monoisotopic (exact) mass is 144 g/mol. The molecule has 1 saturated heterocycles. The van der Waals surface area contributed by atoms with E-state index in [2.05, 4.69) is 10.6 Å². The van der Waals surface area contributed by atoms with Crippen molar-refractivity contribution in [1.29, 1.82) is 0 Å². The van der Waals surface area contributed by atoms with Gasteiger partial charge in [0.25, 0.3) is 0 Å². The van der Waals surface area contributed by atoms with Gasteiger partial charge in [0.1, 0.15) is 0 Å². The Morgan fingerprint density at radius 3 is 2.90 bits per heavy atom. The molecule has 0 bridgehead atoms. The summed E-state index contributed by atoms with van der Waals surface area (Å²) in [6.45, 7) is 2.80. The molecule has 58 valence electrons. The summed E-state index contributed by atoms with van der Waals surface area (Å²) in [7, 11) is 0. The molecule has 0 unspecified atom stereocenters. The van der Waals surface area contributed by atoms with E-state index in [1.54, 1.807) is 0 Å². The van der Waals surface area contributed by atoms with Gasteiger partial charge in [-0.2, -0.15) is 0 Å². The normalized spacial score (nSPS) is 32.1. The molecule has 0 spiro atoms. The summed E-state index contributed by atoms with van der Waals surface area (Å²) in [4.78, 5) is 10.1. The zero-order valence-electron chi connectivity index (χ0n) is 5.92. The van der Waals surface area contributed by atoms with Crippen LogP contribution in [0.5, 0.6) is 0 Å². The lowest BCUT2D eigenvalue weighted by Crippen LogP contribution is -2.34. The van der Waals surface area contributed by atoms with Crippen molar-refractivity contribution in [3.63, 3.8) is 0 Å². The number of carbonyl (C=O) groups is 1. The van der Waals surface area contributed by atoms with Gasteiger partial charge in [0.2, 0.25) is 0 Å². The summed E-state index contributed by atoms with van der Waals surface area (Å²) >= 11 is 0. The van der Waals surface area contributed by atoms with E-state index in [9.17, 15) is 4.79 Å². The molecule has 0 radical (unpaired) electrons. The predicted molar refractivity (Wildman–Crippen MR) is 37.0 cm³/mol. The van der Waals surface area contributed by atoms with E-state index in [0.29, 0.717) is 6.04 Å². The van der Waals surface area contributed by atoms with Gasteiger partial charge in [-0.15, -0.1) is 0 Å². The fraction of sp³-hybridized carbons (Fsp3) is 0.833. The van der Waals surface area contributed by atoms with Crippen LogP contribution in [-0.4, -0.2) is 29.8 Å². The van der Waals surface area contributed by atoms with Crippen LogP contribution in [0.2, 0.25) is 0 Å². The summed E-state index contributed by atoms with van der Waals surface area (Å²) in [5.74, 6) is 0. The van der Waals surface area contributed by atoms with E-state index >= 15 is 0 Å². The highest BCUT2D eigenvalue weighted by Gasteiger charge is 2.21. The first kappa shape index (κ1) is 7.34. The number of hydrogen-bond acceptors (Lipinski definition) is 2. The van der Waals surface area contributed by atoms with E-state index in [0.717, 1.165) is 13.0 Å². The van der Waals surface area contributed by atoms with Gasteiger partial charge in [0.15, 0.2) is 0 Å². The van der Waals surface area contributed by atoms with Crippen molar-refractivity contribution >= 4 is 6.09 Å². The summed E-state index contributed by atoms with van der Waals surface area (Å²) in [5.41, 5.74) is 0. The molecule has 1 amide bonds. The lowest BCUT2D eigenvalue weighted by Gasteiger charge is -2.06. The third-order valence-corrected chi connectivity index (χ3v) is 1.68. The lowest BCUT2D eigenvalue weighted by molar-refractivity contribution is 0.190. The Labute approximate surface area is 59.6 Å². The molecule has 1 rings (SSSR count). The molecule has 0 saturated carbocycles. The molecule has 1 heterocycles. The minimum Gasteiger partial charge on any atom is -0.465 e. The fourth-order valence-corrected chi connectivity index (χ4v) is 1.22. The maximum Gasteiger partial charge on any atom is 0.404 e. The third kappa shape index (κ3) is 1.88. The molecular weight excluding hydrogens is 132 g/mol. The zero-order valence-corrected chi connectivity index (χ0v) is 5.92. The van der Waals surface area contributed by atoms with Crippen molar-refractivity contribution in [3.8, 4) is 0 Å². The van der Waals surface area contributed by atoms with Crippen LogP contribution in [-0.2, 0) is 0 Å². The minimum atomic E-state index is -0.930. The van der Waals surface area contributed by atoms with Crippen molar-refractivity contribution in [2.75, 3.05) is 6.54 Å². The molecule has 4 nitrogen and oxygen atoms in total. The quantitative estimate of drug-likeness (QED) is 0.485. The molecule has 0 aromatic carbocycles. The highest BCUT2D eigenvalue weighted by Crippen LogP contribution is 2.04. The van der Waals surface area contributed by atoms with Gasteiger partial charge in [-0.1, -0.05) is 0 Å². The maximum atomic E-state index is 10.1. The maximum absolute atomic E-state index is 10.1. The Morgan fingerprint density at radius 1 is 1.80 bits per heavy atom. The molecule has 1 aliphatic rings. The summed E-state index contributed by atoms with van der Waals surface area (Å²) in [6.07, 6.45) is -0.0346. The highest BCUT2D eigenvalue weighted by molar-refractivity contribution is 5.64. The largest absolute Gasteiger partial charge is 0.465 e. The number of carboxylic acid groups (broad SMARTS) is 1. The van der Waals surface area contributed by atoms with E-state index in [1.165, 1.54) is 0 Å². The number of amides is 1. The number of nitrogens with one attached hydrogen (secondary N) is 2. The van der Waals surface area contributed by atoms with Crippen molar-refractivity contribution < 1.29 is 9.90 Å². The zero-order chi connectivity index (χ0) is 7.56. The Kier molecular flexibility index (Phi) is 2.11. The molecular formula is C6H12N2O2. The van der Waals surface area contributed by atoms with Gasteiger partial charge in [-0.25, -0.2) is 4.79 Å². The second-order valence-corrected chi connectivity index (χ2v) is 2.69. The first-order chi connectivity index (χ1) is 4.68. The van der Waals surface area contributed by atoms with Gasteiger partial charge < -0.3 is 15.7 Å². The van der Waals surface area contributed by atoms with Crippen LogP contribution in [0, 0.1) is 0 Å². The van der Waals surface area contributed by atoms with Crippen LogP contribution in [0.1, 0.15) is 13.3 Å². The van der Waals surface area contributed by atoms with Gasteiger partial charge in [0, 0.05) is 18.6 Å². The highest BCUT2D eigenvalue weighted by atomic mass is 16.4. The molecule has 3 N–H and O–H groups in total. The SMILES string of the molecule is C[C@H]1C[C@@H](NC(=O)O)CN1. The van der Waals surface area contributed by atoms with Crippen molar-refractivity contribution in [2.24, 2.45) is 0 Å². The third-order valence-electron chi connectivity index (χ3n) is 1.68. The van der Waals surface area contributed by atoms with E-state index in [1.807, 2.05) is 6.92 Å². The van der Waals surface area contributed by atoms with E-state index in [-0.39, 0.29) is 6.04 Å². The Hall–Kier alpha value is -0.770. The number of hydrogen-bond donors (Lipinski definition) is 3. The molecule has 4 heteroatoms. The standard InChI is InChI=1S/C6H12N2O2/c1-4-2-5(3-7-4)8-6(9)10/h4-5,7-8H,2-3H2,1H3,(H,9,10)/t4-,5+/m0/s1. The molecule has 10 heavy (non-hydrogen) atoms. The van der Waals surface area contributed by atoms with Crippen LogP contribution in [0.15, 0.2) is 0 Å². The van der Waals surface area contributed by atoms with Crippen LogP contribution >= 0.6 is 0 Å². The van der Waals surface area contributed by atoms with Crippen LogP contribution in [0.3, 0.4) is 0 Å². The van der Waals surface area contributed by atoms with Crippen LogP contribution < -0.4 is 10.6 Å². The molecule has 1 aliphatic heterocycles. The smallest absolute Gasteiger partial charge is 0.404 e. The molecule has 2 atom stereocenters. The average molecular weight is 144 g/mol. The van der Waals surface area contributed by atoms with E-state index in [4.69, 9.17) is 5.11 Å². The first-order valence-corrected chi connectivity index (χ1v) is 3.41. The molecule has 0 aromatic rings. The summed E-state index contributed by atoms with van der Waals surface area (Å²) < 4.78 is 0. The average Bonchev–Trinajstić information content (AvgIpc) is 2.13. The van der Waals surface area contributed by atoms with Gasteiger partial charge >= 0.3 is 6.09 Å². The summed E-state index contributed by atoms with van der Waals surface area (Å²) in [6, 6.07) is 0.546. The van der Waals surface area contributed by atoms with Gasteiger partial charge in [-0.3, -0.25) is 0 Å². The summed E-state index contributed by atoms with van der Waals surface area (Å²) in [5, 5.41) is 13.9. The Bertz CT molecular complexity index is 138. The Morgan fingerprint density at radius 2 is 2.50 bits per heavy atom. The second-order valence-electron chi connectivity index (χ2n) is 2.69. The molecule has 0 aromatic heterocycles. The molecule has 1 fully saturated rings. The Balaban J connectivity index is 2.24. The topological polar surface area (TPSA) is 61.4 Å². The van der Waals surface area contributed by atoms with Crippen molar-refractivity contribution in [3.05, 3.63) is 0 Å².